The van der Waals surface area contributed by atoms with Gasteiger partial charge in [0.15, 0.2) is 0 Å². The molecule has 4 nitrogen and oxygen atoms in total. The van der Waals surface area contributed by atoms with Gasteiger partial charge in [-0.1, -0.05) is 27.2 Å². The molecular formula is C13H26N2O2. The molecule has 1 amide bonds. The van der Waals surface area contributed by atoms with Crippen LogP contribution in [0.4, 0.5) is 0 Å². The molecule has 3 atom stereocenters. The van der Waals surface area contributed by atoms with Crippen molar-refractivity contribution >= 4 is 5.91 Å². The highest BCUT2D eigenvalue weighted by Crippen LogP contribution is 2.19. The van der Waals surface area contributed by atoms with Crippen molar-refractivity contribution < 1.29 is 9.90 Å². The summed E-state index contributed by atoms with van der Waals surface area (Å²) in [5, 5.41) is 15.7. The number of nitrogens with one attached hydrogen (secondary N) is 2. The minimum absolute atomic E-state index is 0.0304. The monoisotopic (exact) mass is 242 g/mol. The number of hydrogen-bond acceptors (Lipinski definition) is 3. The Labute approximate surface area is 104 Å². The molecule has 17 heavy (non-hydrogen) atoms. The smallest absolute Gasteiger partial charge is 0.237 e. The number of piperidine rings is 1. The summed E-state index contributed by atoms with van der Waals surface area (Å²) in [4.78, 5) is 11.9. The highest BCUT2D eigenvalue weighted by atomic mass is 16.3. The lowest BCUT2D eigenvalue weighted by Crippen LogP contribution is -2.50. The Morgan fingerprint density at radius 2 is 2.24 bits per heavy atom. The Bertz CT molecular complexity index is 244. The van der Waals surface area contributed by atoms with E-state index in [1.807, 2.05) is 13.8 Å². The standard InChI is InChI=1S/C13H26N2O2/c1-4-10-5-6-14-11(7-10)13(17)15-8-12(16)9(2)3/h9-12,14,16H,4-8H2,1-3H3,(H,15,17). The lowest BCUT2D eigenvalue weighted by Gasteiger charge is -2.29. The van der Waals surface area contributed by atoms with Gasteiger partial charge in [-0.15, -0.1) is 0 Å². The molecule has 3 N–H and O–H groups in total. The summed E-state index contributed by atoms with van der Waals surface area (Å²) in [5.41, 5.74) is 0. The van der Waals surface area contributed by atoms with Crippen LogP contribution in [0.1, 0.15) is 40.0 Å². The molecule has 100 valence electrons. The number of hydrogen-bond donors (Lipinski definition) is 3. The van der Waals surface area contributed by atoms with Crippen molar-refractivity contribution in [3.8, 4) is 0 Å². The molecule has 0 aromatic rings. The van der Waals surface area contributed by atoms with Gasteiger partial charge in [0.1, 0.15) is 0 Å². The quantitative estimate of drug-likeness (QED) is 0.671. The van der Waals surface area contributed by atoms with Gasteiger partial charge in [-0.3, -0.25) is 4.79 Å². The molecule has 1 heterocycles. The van der Waals surface area contributed by atoms with Crippen molar-refractivity contribution in [1.82, 2.24) is 10.6 Å². The van der Waals surface area contributed by atoms with Crippen LogP contribution in [0.5, 0.6) is 0 Å². The summed E-state index contributed by atoms with van der Waals surface area (Å²) in [6.45, 7) is 7.34. The largest absolute Gasteiger partial charge is 0.391 e. The first-order valence-corrected chi connectivity index (χ1v) is 6.73. The average Bonchev–Trinajstić information content (AvgIpc) is 2.35. The maximum absolute atomic E-state index is 11.9. The average molecular weight is 242 g/mol. The minimum Gasteiger partial charge on any atom is -0.391 e. The van der Waals surface area contributed by atoms with Crippen LogP contribution in [-0.2, 0) is 4.79 Å². The lowest BCUT2D eigenvalue weighted by atomic mass is 9.90. The van der Waals surface area contributed by atoms with Crippen LogP contribution in [0.3, 0.4) is 0 Å². The van der Waals surface area contributed by atoms with Gasteiger partial charge in [0.2, 0.25) is 5.91 Å². The Balaban J connectivity index is 2.32. The van der Waals surface area contributed by atoms with Gasteiger partial charge >= 0.3 is 0 Å². The second-order valence-corrected chi connectivity index (χ2v) is 5.36. The molecule has 1 saturated heterocycles. The SMILES string of the molecule is CCC1CCNC(C(=O)NCC(O)C(C)C)C1. The van der Waals surface area contributed by atoms with E-state index >= 15 is 0 Å². The van der Waals surface area contributed by atoms with E-state index < -0.39 is 6.10 Å². The third-order valence-corrected chi connectivity index (χ3v) is 3.66. The van der Waals surface area contributed by atoms with Crippen molar-refractivity contribution in [2.24, 2.45) is 11.8 Å². The van der Waals surface area contributed by atoms with E-state index in [9.17, 15) is 9.90 Å². The first-order valence-electron chi connectivity index (χ1n) is 6.73. The van der Waals surface area contributed by atoms with E-state index in [-0.39, 0.29) is 17.9 Å². The van der Waals surface area contributed by atoms with Gasteiger partial charge in [0, 0.05) is 6.54 Å². The Kier molecular flexibility index (Phi) is 5.92. The number of carbonyl (C=O) groups excluding carboxylic acids is 1. The normalized spacial score (nSPS) is 26.9. The summed E-state index contributed by atoms with van der Waals surface area (Å²) >= 11 is 0. The Morgan fingerprint density at radius 3 is 2.82 bits per heavy atom. The fourth-order valence-corrected chi connectivity index (χ4v) is 2.13. The van der Waals surface area contributed by atoms with Crippen molar-refractivity contribution in [2.75, 3.05) is 13.1 Å². The van der Waals surface area contributed by atoms with E-state index in [2.05, 4.69) is 17.6 Å². The maximum Gasteiger partial charge on any atom is 0.237 e. The van der Waals surface area contributed by atoms with Crippen molar-refractivity contribution in [2.45, 2.75) is 52.2 Å². The molecule has 1 rings (SSSR count). The van der Waals surface area contributed by atoms with Crippen LogP contribution in [0, 0.1) is 11.8 Å². The van der Waals surface area contributed by atoms with Crippen molar-refractivity contribution in [1.29, 1.82) is 0 Å². The first-order chi connectivity index (χ1) is 8.04. The molecule has 0 saturated carbocycles. The summed E-state index contributed by atoms with van der Waals surface area (Å²) < 4.78 is 0. The van der Waals surface area contributed by atoms with Crippen LogP contribution < -0.4 is 10.6 Å². The van der Waals surface area contributed by atoms with Crippen molar-refractivity contribution in [3.63, 3.8) is 0 Å². The fourth-order valence-electron chi connectivity index (χ4n) is 2.13. The molecule has 1 aliphatic rings. The number of carbonyl (C=O) groups is 1. The number of amides is 1. The molecule has 0 aliphatic carbocycles. The zero-order valence-corrected chi connectivity index (χ0v) is 11.2. The fraction of sp³-hybridized carbons (Fsp3) is 0.923. The van der Waals surface area contributed by atoms with Crippen LogP contribution >= 0.6 is 0 Å². The van der Waals surface area contributed by atoms with Gasteiger partial charge in [0.25, 0.3) is 0 Å². The summed E-state index contributed by atoms with van der Waals surface area (Å²) in [5.74, 6) is 0.864. The number of aliphatic hydroxyl groups is 1. The van der Waals surface area contributed by atoms with E-state index in [0.29, 0.717) is 12.5 Å². The maximum atomic E-state index is 11.9. The summed E-state index contributed by atoms with van der Waals surface area (Å²) in [6, 6.07) is -0.0759. The number of rotatable bonds is 5. The second kappa shape index (κ2) is 6.97. The van der Waals surface area contributed by atoms with Gasteiger partial charge < -0.3 is 15.7 Å². The summed E-state index contributed by atoms with van der Waals surface area (Å²) in [7, 11) is 0. The lowest BCUT2D eigenvalue weighted by molar-refractivity contribution is -0.124. The Morgan fingerprint density at radius 1 is 1.53 bits per heavy atom. The molecule has 0 aromatic heterocycles. The van der Waals surface area contributed by atoms with Gasteiger partial charge in [-0.05, 0) is 31.2 Å². The van der Waals surface area contributed by atoms with Gasteiger partial charge in [-0.25, -0.2) is 0 Å². The Hall–Kier alpha value is -0.610. The minimum atomic E-state index is -0.454. The topological polar surface area (TPSA) is 61.4 Å². The van der Waals surface area contributed by atoms with E-state index in [0.717, 1.165) is 25.8 Å². The molecule has 0 radical (unpaired) electrons. The second-order valence-electron chi connectivity index (χ2n) is 5.36. The number of aliphatic hydroxyl groups excluding tert-OH is 1. The predicted molar refractivity (Wildman–Crippen MR) is 68.7 cm³/mol. The highest BCUT2D eigenvalue weighted by Gasteiger charge is 2.26. The van der Waals surface area contributed by atoms with Crippen LogP contribution in [0.15, 0.2) is 0 Å². The van der Waals surface area contributed by atoms with Gasteiger partial charge in [0.05, 0.1) is 12.1 Å². The zero-order valence-electron chi connectivity index (χ0n) is 11.2. The molecular weight excluding hydrogens is 216 g/mol. The highest BCUT2D eigenvalue weighted by molar-refractivity contribution is 5.81. The molecule has 0 aromatic carbocycles. The predicted octanol–water partition coefficient (Wildman–Crippen LogP) is 0.898. The third kappa shape index (κ3) is 4.64. The summed E-state index contributed by atoms with van der Waals surface area (Å²) in [6.07, 6.45) is 2.76. The molecule has 3 unspecified atom stereocenters. The van der Waals surface area contributed by atoms with E-state index in [1.54, 1.807) is 0 Å². The zero-order chi connectivity index (χ0) is 12.8. The molecule has 4 heteroatoms. The van der Waals surface area contributed by atoms with E-state index in [4.69, 9.17) is 0 Å². The molecule has 1 fully saturated rings. The van der Waals surface area contributed by atoms with Gasteiger partial charge in [-0.2, -0.15) is 0 Å². The first kappa shape index (κ1) is 14.5. The van der Waals surface area contributed by atoms with Crippen molar-refractivity contribution in [3.05, 3.63) is 0 Å². The van der Waals surface area contributed by atoms with Crippen LogP contribution in [-0.4, -0.2) is 36.2 Å². The molecule has 0 spiro atoms. The van der Waals surface area contributed by atoms with Crippen LogP contribution in [0.25, 0.3) is 0 Å². The van der Waals surface area contributed by atoms with Crippen LogP contribution in [0.2, 0.25) is 0 Å². The molecule has 1 aliphatic heterocycles. The van der Waals surface area contributed by atoms with E-state index in [1.165, 1.54) is 0 Å². The molecule has 0 bridgehead atoms. The third-order valence-electron chi connectivity index (χ3n) is 3.66.